The first kappa shape index (κ1) is 16.5. The molecule has 1 aromatic rings. The Labute approximate surface area is 121 Å². The van der Waals surface area contributed by atoms with Gasteiger partial charge in [-0.2, -0.15) is 0 Å². The molecule has 0 spiro atoms. The van der Waals surface area contributed by atoms with Crippen molar-refractivity contribution in [3.63, 3.8) is 0 Å². The highest BCUT2D eigenvalue weighted by atomic mass is 16.5. The lowest BCUT2D eigenvalue weighted by Crippen LogP contribution is -2.30. The second kappa shape index (κ2) is 9.37. The highest BCUT2D eigenvalue weighted by Crippen LogP contribution is 2.17. The summed E-state index contributed by atoms with van der Waals surface area (Å²) < 4.78 is 5.61. The minimum atomic E-state index is -0.0647. The Morgan fingerprint density at radius 2 is 2.05 bits per heavy atom. The summed E-state index contributed by atoms with van der Waals surface area (Å²) in [6.07, 6.45) is 2.07. The van der Waals surface area contributed by atoms with Crippen LogP contribution >= 0.6 is 0 Å². The molecule has 0 heterocycles. The van der Waals surface area contributed by atoms with Gasteiger partial charge in [-0.1, -0.05) is 45.4 Å². The lowest BCUT2D eigenvalue weighted by Gasteiger charge is -2.13. The lowest BCUT2D eigenvalue weighted by atomic mass is 10.2. The van der Waals surface area contributed by atoms with Crippen LogP contribution in [0.1, 0.15) is 39.2 Å². The number of benzene rings is 1. The number of ether oxygens (including phenoxy) is 1. The van der Waals surface area contributed by atoms with Crippen molar-refractivity contribution in [2.45, 2.75) is 46.2 Å². The first-order chi connectivity index (χ1) is 9.63. The summed E-state index contributed by atoms with van der Waals surface area (Å²) >= 11 is 0. The van der Waals surface area contributed by atoms with Crippen LogP contribution in [0.5, 0.6) is 5.75 Å². The van der Waals surface area contributed by atoms with Crippen LogP contribution in [0.25, 0.3) is 0 Å². The van der Waals surface area contributed by atoms with Crippen molar-refractivity contribution >= 4 is 5.91 Å². The van der Waals surface area contributed by atoms with Gasteiger partial charge in [0.25, 0.3) is 5.91 Å². The van der Waals surface area contributed by atoms with E-state index in [-0.39, 0.29) is 12.5 Å². The number of unbranched alkanes of at least 4 members (excludes halogenated alkanes) is 1. The van der Waals surface area contributed by atoms with Crippen molar-refractivity contribution in [1.29, 1.82) is 0 Å². The van der Waals surface area contributed by atoms with E-state index >= 15 is 0 Å². The highest BCUT2D eigenvalue weighted by Gasteiger charge is 2.06. The fraction of sp³-hybridized carbons (Fsp3) is 0.562. The summed E-state index contributed by atoms with van der Waals surface area (Å²) in [6, 6.07) is 8.23. The van der Waals surface area contributed by atoms with Crippen LogP contribution in [0.4, 0.5) is 0 Å². The summed E-state index contributed by atoms with van der Waals surface area (Å²) in [7, 11) is 0. The maximum atomic E-state index is 11.6. The molecule has 0 aromatic heterocycles. The van der Waals surface area contributed by atoms with Gasteiger partial charge < -0.3 is 15.4 Å². The monoisotopic (exact) mass is 278 g/mol. The summed E-state index contributed by atoms with van der Waals surface area (Å²) in [4.78, 5) is 11.6. The zero-order valence-electron chi connectivity index (χ0n) is 12.7. The van der Waals surface area contributed by atoms with E-state index in [9.17, 15) is 4.79 Å². The molecule has 4 heteroatoms. The third kappa shape index (κ3) is 6.57. The van der Waals surface area contributed by atoms with Gasteiger partial charge in [-0.15, -0.1) is 0 Å². The van der Waals surface area contributed by atoms with E-state index in [4.69, 9.17) is 4.74 Å². The van der Waals surface area contributed by atoms with Gasteiger partial charge in [-0.05, 0) is 12.5 Å². The van der Waals surface area contributed by atoms with Gasteiger partial charge in [0.15, 0.2) is 6.61 Å². The molecule has 0 radical (unpaired) electrons. The number of nitrogens with one attached hydrogen (secondary N) is 2. The standard InChI is InChI=1S/C16H26N2O2/c1-4-5-10-17-16(19)12-20-15-9-7-6-8-14(15)11-18-13(2)3/h6-9,13,18H,4-5,10-12H2,1-3H3,(H,17,19). The quantitative estimate of drug-likeness (QED) is 0.682. The molecular weight excluding hydrogens is 252 g/mol. The van der Waals surface area contributed by atoms with Crippen LogP contribution in [0.3, 0.4) is 0 Å². The van der Waals surface area contributed by atoms with E-state index in [1.807, 2.05) is 24.3 Å². The van der Waals surface area contributed by atoms with E-state index in [2.05, 4.69) is 31.4 Å². The van der Waals surface area contributed by atoms with Crippen LogP contribution in [0.2, 0.25) is 0 Å². The molecule has 4 nitrogen and oxygen atoms in total. The van der Waals surface area contributed by atoms with E-state index < -0.39 is 0 Å². The van der Waals surface area contributed by atoms with Crippen molar-refractivity contribution < 1.29 is 9.53 Å². The molecule has 1 rings (SSSR count). The number of hydrogen-bond acceptors (Lipinski definition) is 3. The summed E-state index contributed by atoms with van der Waals surface area (Å²) in [5.74, 6) is 0.705. The van der Waals surface area contributed by atoms with Gasteiger partial charge >= 0.3 is 0 Å². The van der Waals surface area contributed by atoms with Crippen molar-refractivity contribution in [3.8, 4) is 5.75 Å². The molecule has 0 saturated heterocycles. The molecule has 20 heavy (non-hydrogen) atoms. The summed E-state index contributed by atoms with van der Waals surface area (Å²) in [6.45, 7) is 7.83. The summed E-state index contributed by atoms with van der Waals surface area (Å²) in [5, 5.41) is 6.20. The third-order valence-corrected chi connectivity index (χ3v) is 2.88. The number of rotatable bonds is 9. The van der Waals surface area contributed by atoms with Crippen molar-refractivity contribution in [2.24, 2.45) is 0 Å². The number of para-hydroxylation sites is 1. The Morgan fingerprint density at radius 3 is 2.75 bits per heavy atom. The van der Waals surface area contributed by atoms with Gasteiger partial charge in [-0.25, -0.2) is 0 Å². The molecule has 0 saturated carbocycles. The molecule has 0 aliphatic heterocycles. The molecule has 0 unspecified atom stereocenters. The van der Waals surface area contributed by atoms with Crippen LogP contribution < -0.4 is 15.4 Å². The first-order valence-corrected chi connectivity index (χ1v) is 7.34. The first-order valence-electron chi connectivity index (χ1n) is 7.34. The van der Waals surface area contributed by atoms with Gasteiger partial charge in [-0.3, -0.25) is 4.79 Å². The average molecular weight is 278 g/mol. The zero-order chi connectivity index (χ0) is 14.8. The maximum Gasteiger partial charge on any atom is 0.257 e. The van der Waals surface area contributed by atoms with Crippen LogP contribution in [0.15, 0.2) is 24.3 Å². The van der Waals surface area contributed by atoms with Crippen LogP contribution in [-0.4, -0.2) is 25.1 Å². The second-order valence-electron chi connectivity index (χ2n) is 5.14. The molecule has 0 fully saturated rings. The van der Waals surface area contributed by atoms with Crippen molar-refractivity contribution in [1.82, 2.24) is 10.6 Å². The highest BCUT2D eigenvalue weighted by molar-refractivity contribution is 5.77. The molecule has 0 aliphatic carbocycles. The summed E-state index contributed by atoms with van der Waals surface area (Å²) in [5.41, 5.74) is 1.07. The number of hydrogen-bond donors (Lipinski definition) is 2. The topological polar surface area (TPSA) is 50.4 Å². The van der Waals surface area contributed by atoms with Crippen molar-refractivity contribution in [2.75, 3.05) is 13.2 Å². The smallest absolute Gasteiger partial charge is 0.257 e. The van der Waals surface area contributed by atoms with Gasteiger partial charge in [0.05, 0.1) is 0 Å². The molecule has 1 amide bonds. The van der Waals surface area contributed by atoms with E-state index in [1.165, 1.54) is 0 Å². The Hall–Kier alpha value is -1.55. The lowest BCUT2D eigenvalue weighted by molar-refractivity contribution is -0.123. The van der Waals surface area contributed by atoms with E-state index in [0.29, 0.717) is 6.04 Å². The molecule has 0 aliphatic rings. The molecule has 1 aromatic carbocycles. The number of amides is 1. The average Bonchev–Trinajstić information content (AvgIpc) is 2.44. The maximum absolute atomic E-state index is 11.6. The molecule has 112 valence electrons. The Bertz CT molecular complexity index is 405. The fourth-order valence-electron chi connectivity index (χ4n) is 1.70. The van der Waals surface area contributed by atoms with E-state index in [1.54, 1.807) is 0 Å². The van der Waals surface area contributed by atoms with E-state index in [0.717, 1.165) is 37.2 Å². The predicted molar refractivity (Wildman–Crippen MR) is 81.8 cm³/mol. The third-order valence-electron chi connectivity index (χ3n) is 2.88. The van der Waals surface area contributed by atoms with Crippen molar-refractivity contribution in [3.05, 3.63) is 29.8 Å². The number of carbonyl (C=O) groups is 1. The van der Waals surface area contributed by atoms with Crippen LogP contribution in [0, 0.1) is 0 Å². The molecule has 0 atom stereocenters. The Kier molecular flexibility index (Phi) is 7.73. The largest absolute Gasteiger partial charge is 0.483 e. The molecular formula is C16H26N2O2. The Morgan fingerprint density at radius 1 is 1.30 bits per heavy atom. The minimum Gasteiger partial charge on any atom is -0.483 e. The Balaban J connectivity index is 2.44. The van der Waals surface area contributed by atoms with Gasteiger partial charge in [0.1, 0.15) is 5.75 Å². The minimum absolute atomic E-state index is 0.0647. The van der Waals surface area contributed by atoms with Gasteiger partial charge in [0.2, 0.25) is 0 Å². The normalized spacial score (nSPS) is 10.6. The predicted octanol–water partition coefficient (Wildman–Crippen LogP) is 2.48. The fourth-order valence-corrected chi connectivity index (χ4v) is 1.70. The zero-order valence-corrected chi connectivity index (χ0v) is 12.7. The van der Waals surface area contributed by atoms with Gasteiger partial charge in [0, 0.05) is 24.7 Å². The molecule has 0 bridgehead atoms. The molecule has 2 N–H and O–H groups in total. The SMILES string of the molecule is CCCCNC(=O)COc1ccccc1CNC(C)C. The number of carbonyl (C=O) groups excluding carboxylic acids is 1. The van der Waals surface area contributed by atoms with Crippen LogP contribution in [-0.2, 0) is 11.3 Å². The second-order valence-corrected chi connectivity index (χ2v) is 5.14.